The first-order valence-electron chi connectivity index (χ1n) is 6.95. The molecule has 1 aromatic carbocycles. The molecule has 0 aliphatic carbocycles. The van der Waals surface area contributed by atoms with Crippen molar-refractivity contribution in [3.63, 3.8) is 0 Å². The monoisotopic (exact) mass is 275 g/mol. The Hall–Kier alpha value is -1.88. The highest BCUT2D eigenvalue weighted by molar-refractivity contribution is 5.27. The van der Waals surface area contributed by atoms with Crippen LogP contribution in [0.1, 0.15) is 31.7 Å². The van der Waals surface area contributed by atoms with Crippen LogP contribution in [0.15, 0.2) is 30.6 Å². The van der Waals surface area contributed by atoms with Crippen molar-refractivity contribution in [3.05, 3.63) is 42.0 Å². The third-order valence-electron chi connectivity index (χ3n) is 3.14. The Morgan fingerprint density at radius 1 is 1.30 bits per heavy atom. The van der Waals surface area contributed by atoms with E-state index in [4.69, 9.17) is 4.74 Å². The average molecular weight is 275 g/mol. The maximum atomic E-state index is 9.27. The van der Waals surface area contributed by atoms with Crippen molar-refractivity contribution in [2.24, 2.45) is 0 Å². The molecule has 20 heavy (non-hydrogen) atoms. The molecule has 0 amide bonds. The Morgan fingerprint density at radius 3 is 2.70 bits per heavy atom. The number of aliphatic hydroxyl groups is 1. The zero-order chi connectivity index (χ0) is 14.4. The lowest BCUT2D eigenvalue weighted by atomic mass is 10.1. The number of rotatable bonds is 7. The van der Waals surface area contributed by atoms with Crippen LogP contribution >= 0.6 is 0 Å². The smallest absolute Gasteiger partial charge is 0.164 e. The predicted octanol–water partition coefficient (Wildman–Crippen LogP) is 2.19. The van der Waals surface area contributed by atoms with Crippen molar-refractivity contribution in [2.75, 3.05) is 0 Å². The molecule has 2 rings (SSSR count). The lowest BCUT2D eigenvalue weighted by Crippen LogP contribution is -2.07. The van der Waals surface area contributed by atoms with Crippen LogP contribution in [0.2, 0.25) is 0 Å². The van der Waals surface area contributed by atoms with E-state index in [1.165, 1.54) is 5.56 Å². The van der Waals surface area contributed by atoms with Crippen LogP contribution < -0.4 is 4.74 Å². The Morgan fingerprint density at radius 2 is 2.05 bits per heavy atom. The largest absolute Gasteiger partial charge is 0.486 e. The summed E-state index contributed by atoms with van der Waals surface area (Å²) in [6.45, 7) is 5.04. The highest BCUT2D eigenvalue weighted by Crippen LogP contribution is 2.15. The topological polar surface area (TPSA) is 60.2 Å². The van der Waals surface area contributed by atoms with Gasteiger partial charge in [0.05, 0.1) is 6.10 Å². The molecule has 5 heteroatoms. The first-order chi connectivity index (χ1) is 9.69. The fourth-order valence-electron chi connectivity index (χ4n) is 1.94. The molecule has 0 aliphatic rings. The van der Waals surface area contributed by atoms with E-state index < -0.39 is 0 Å². The number of aliphatic hydroxyl groups excluding tert-OH is 1. The molecule has 0 spiro atoms. The van der Waals surface area contributed by atoms with E-state index >= 15 is 0 Å². The fourth-order valence-corrected chi connectivity index (χ4v) is 1.94. The Labute approximate surface area is 119 Å². The van der Waals surface area contributed by atoms with Crippen LogP contribution in [0.25, 0.3) is 0 Å². The molecule has 1 atom stereocenters. The van der Waals surface area contributed by atoms with E-state index in [1.807, 2.05) is 35.9 Å². The van der Waals surface area contributed by atoms with Gasteiger partial charge in [-0.2, -0.15) is 5.10 Å². The van der Waals surface area contributed by atoms with Gasteiger partial charge < -0.3 is 9.84 Å². The minimum atomic E-state index is -0.258. The van der Waals surface area contributed by atoms with E-state index in [0.29, 0.717) is 6.61 Å². The summed E-state index contributed by atoms with van der Waals surface area (Å²) in [6, 6.07) is 7.96. The van der Waals surface area contributed by atoms with Gasteiger partial charge in [-0.1, -0.05) is 12.1 Å². The van der Waals surface area contributed by atoms with Crippen molar-refractivity contribution in [3.8, 4) is 5.75 Å². The third kappa shape index (κ3) is 4.06. The van der Waals surface area contributed by atoms with Gasteiger partial charge >= 0.3 is 0 Å². The van der Waals surface area contributed by atoms with Gasteiger partial charge in [0.15, 0.2) is 5.82 Å². The molecule has 0 saturated carbocycles. The van der Waals surface area contributed by atoms with Gasteiger partial charge in [0, 0.05) is 6.54 Å². The normalized spacial score (nSPS) is 12.3. The standard InChI is InChI=1S/C15H21N3O2/c1-3-18-15(16-11-17-18)10-20-14-8-6-13(7-9-14)5-4-12(2)19/h6-9,11-12,19H,3-5,10H2,1-2H3. The molecule has 108 valence electrons. The fraction of sp³-hybridized carbons (Fsp3) is 0.467. The van der Waals surface area contributed by atoms with Crippen LogP contribution in [0.4, 0.5) is 0 Å². The first-order valence-corrected chi connectivity index (χ1v) is 6.95. The summed E-state index contributed by atoms with van der Waals surface area (Å²) >= 11 is 0. The predicted molar refractivity (Wildman–Crippen MR) is 76.5 cm³/mol. The molecule has 1 N–H and O–H groups in total. The number of hydrogen-bond acceptors (Lipinski definition) is 4. The average Bonchev–Trinajstić information content (AvgIpc) is 2.91. The molecule has 0 bridgehead atoms. The molecule has 0 radical (unpaired) electrons. The molecular weight excluding hydrogens is 254 g/mol. The summed E-state index contributed by atoms with van der Waals surface area (Å²) in [4.78, 5) is 4.17. The van der Waals surface area contributed by atoms with Crippen LogP contribution in [0.5, 0.6) is 5.75 Å². The van der Waals surface area contributed by atoms with E-state index in [2.05, 4.69) is 10.1 Å². The first kappa shape index (κ1) is 14.5. The van der Waals surface area contributed by atoms with Gasteiger partial charge in [0.2, 0.25) is 0 Å². The van der Waals surface area contributed by atoms with Crippen molar-refractivity contribution in [1.82, 2.24) is 14.8 Å². The lowest BCUT2D eigenvalue weighted by Gasteiger charge is -2.08. The second-order valence-electron chi connectivity index (χ2n) is 4.81. The minimum Gasteiger partial charge on any atom is -0.486 e. The summed E-state index contributed by atoms with van der Waals surface area (Å²) in [5.74, 6) is 1.64. The molecule has 5 nitrogen and oxygen atoms in total. The third-order valence-corrected chi connectivity index (χ3v) is 3.14. The molecule has 2 aromatic rings. The number of benzene rings is 1. The highest BCUT2D eigenvalue weighted by Gasteiger charge is 2.04. The van der Waals surface area contributed by atoms with E-state index in [0.717, 1.165) is 31.0 Å². The van der Waals surface area contributed by atoms with Gasteiger partial charge in [-0.15, -0.1) is 0 Å². The summed E-state index contributed by atoms with van der Waals surface area (Å²) < 4.78 is 7.52. The molecule has 1 heterocycles. The zero-order valence-corrected chi connectivity index (χ0v) is 12.0. The number of aryl methyl sites for hydroxylation is 2. The number of hydrogen-bond donors (Lipinski definition) is 1. The van der Waals surface area contributed by atoms with Crippen molar-refractivity contribution in [1.29, 1.82) is 0 Å². The van der Waals surface area contributed by atoms with Crippen LogP contribution in [0, 0.1) is 0 Å². The van der Waals surface area contributed by atoms with Gasteiger partial charge in [0.25, 0.3) is 0 Å². The summed E-state index contributed by atoms with van der Waals surface area (Å²) in [7, 11) is 0. The zero-order valence-electron chi connectivity index (χ0n) is 12.0. The number of aromatic nitrogens is 3. The SMILES string of the molecule is CCn1ncnc1COc1ccc(CCC(C)O)cc1. The van der Waals surface area contributed by atoms with Crippen molar-refractivity contribution in [2.45, 2.75) is 45.9 Å². The maximum absolute atomic E-state index is 9.27. The molecule has 1 aromatic heterocycles. The Kier molecular flexibility index (Phi) is 5.12. The highest BCUT2D eigenvalue weighted by atomic mass is 16.5. The van der Waals surface area contributed by atoms with Crippen molar-refractivity contribution >= 4 is 0 Å². The number of ether oxygens (including phenoxy) is 1. The van der Waals surface area contributed by atoms with E-state index in [-0.39, 0.29) is 6.10 Å². The summed E-state index contributed by atoms with van der Waals surface area (Å²) in [5, 5.41) is 13.4. The lowest BCUT2D eigenvalue weighted by molar-refractivity contribution is 0.185. The van der Waals surface area contributed by atoms with Crippen LogP contribution in [0.3, 0.4) is 0 Å². The second kappa shape index (κ2) is 7.05. The minimum absolute atomic E-state index is 0.258. The summed E-state index contributed by atoms with van der Waals surface area (Å²) in [6.07, 6.45) is 2.94. The number of nitrogens with zero attached hydrogens (tertiary/aromatic N) is 3. The molecular formula is C15H21N3O2. The molecule has 1 unspecified atom stereocenters. The Bertz CT molecular complexity index is 520. The van der Waals surface area contributed by atoms with Gasteiger partial charge in [-0.25, -0.2) is 9.67 Å². The van der Waals surface area contributed by atoms with E-state index in [1.54, 1.807) is 13.3 Å². The van der Waals surface area contributed by atoms with Gasteiger partial charge in [0.1, 0.15) is 18.7 Å². The molecule has 0 fully saturated rings. The Balaban J connectivity index is 1.87. The maximum Gasteiger partial charge on any atom is 0.164 e. The van der Waals surface area contributed by atoms with E-state index in [9.17, 15) is 5.11 Å². The van der Waals surface area contributed by atoms with Gasteiger partial charge in [-0.05, 0) is 44.4 Å². The second-order valence-corrected chi connectivity index (χ2v) is 4.81. The molecule has 0 saturated heterocycles. The quantitative estimate of drug-likeness (QED) is 0.841. The molecule has 0 aliphatic heterocycles. The van der Waals surface area contributed by atoms with Gasteiger partial charge in [-0.3, -0.25) is 0 Å². The summed E-state index contributed by atoms with van der Waals surface area (Å²) in [5.41, 5.74) is 1.20. The van der Waals surface area contributed by atoms with Crippen LogP contribution in [-0.2, 0) is 19.6 Å². The van der Waals surface area contributed by atoms with Crippen LogP contribution in [-0.4, -0.2) is 26.0 Å². The van der Waals surface area contributed by atoms with Crippen molar-refractivity contribution < 1.29 is 9.84 Å².